The van der Waals surface area contributed by atoms with E-state index in [0.717, 1.165) is 5.69 Å². The van der Waals surface area contributed by atoms with Gasteiger partial charge in [0.25, 0.3) is 5.91 Å². The largest absolute Gasteiger partial charge is 0.377 e. The Hall–Kier alpha value is -2.21. The van der Waals surface area contributed by atoms with Crippen molar-refractivity contribution in [2.75, 3.05) is 19.8 Å². The molecule has 21 heavy (non-hydrogen) atoms. The van der Waals surface area contributed by atoms with Gasteiger partial charge >= 0.3 is 0 Å². The van der Waals surface area contributed by atoms with Crippen LogP contribution >= 0.6 is 0 Å². The third-order valence-electron chi connectivity index (χ3n) is 3.60. The molecule has 0 bridgehead atoms. The Morgan fingerprint density at radius 1 is 1.29 bits per heavy atom. The van der Waals surface area contributed by atoms with Gasteiger partial charge in [-0.1, -0.05) is 18.2 Å². The van der Waals surface area contributed by atoms with Crippen LogP contribution in [-0.2, 0) is 4.74 Å². The van der Waals surface area contributed by atoms with Crippen LogP contribution in [0.25, 0.3) is 5.69 Å². The van der Waals surface area contributed by atoms with Gasteiger partial charge in [0.05, 0.1) is 30.6 Å². The average molecular weight is 286 g/mol. The van der Waals surface area contributed by atoms with Crippen LogP contribution in [0.3, 0.4) is 0 Å². The van der Waals surface area contributed by atoms with Gasteiger partial charge in [0.1, 0.15) is 0 Å². The first-order valence-corrected chi connectivity index (χ1v) is 7.05. The number of rotatable bonds is 2. The molecule has 1 unspecified atom stereocenters. The molecule has 1 aliphatic rings. The quantitative estimate of drug-likeness (QED) is 0.838. The zero-order valence-electron chi connectivity index (χ0n) is 12.2. The topological polar surface area (TPSA) is 60.2 Å². The molecule has 1 aliphatic heterocycles. The predicted octanol–water partition coefficient (Wildman–Crippen LogP) is 1.44. The summed E-state index contributed by atoms with van der Waals surface area (Å²) in [6, 6.07) is 9.64. The highest BCUT2D eigenvalue weighted by Gasteiger charge is 2.28. The third-order valence-corrected chi connectivity index (χ3v) is 3.60. The van der Waals surface area contributed by atoms with Crippen molar-refractivity contribution in [3.8, 4) is 5.69 Å². The van der Waals surface area contributed by atoms with Gasteiger partial charge in [0.2, 0.25) is 0 Å². The van der Waals surface area contributed by atoms with Crippen LogP contribution in [0.5, 0.6) is 0 Å². The van der Waals surface area contributed by atoms with E-state index in [4.69, 9.17) is 4.74 Å². The molecule has 3 rings (SSSR count). The first kappa shape index (κ1) is 13.8. The molecular weight excluding hydrogens is 268 g/mol. The number of nitrogens with zero attached hydrogens (tertiary/aromatic N) is 4. The monoisotopic (exact) mass is 286 g/mol. The Kier molecular flexibility index (Phi) is 3.70. The van der Waals surface area contributed by atoms with Gasteiger partial charge in [-0.3, -0.25) is 4.79 Å². The molecule has 6 heteroatoms. The molecule has 1 aromatic carbocycles. The van der Waals surface area contributed by atoms with Crippen molar-refractivity contribution in [1.29, 1.82) is 0 Å². The highest BCUT2D eigenvalue weighted by molar-refractivity contribution is 5.93. The first-order chi connectivity index (χ1) is 10.2. The molecule has 0 N–H and O–H groups in total. The van der Waals surface area contributed by atoms with Crippen LogP contribution in [0, 0.1) is 6.92 Å². The number of aromatic nitrogens is 3. The van der Waals surface area contributed by atoms with Crippen LogP contribution < -0.4 is 0 Å². The highest BCUT2D eigenvalue weighted by atomic mass is 16.5. The molecule has 0 saturated carbocycles. The van der Waals surface area contributed by atoms with Gasteiger partial charge in [0.15, 0.2) is 5.69 Å². The van der Waals surface area contributed by atoms with Crippen LogP contribution in [-0.4, -0.2) is 51.6 Å². The lowest BCUT2D eigenvalue weighted by Crippen LogP contribution is -2.47. The molecular formula is C15H18N4O2. The molecule has 6 nitrogen and oxygen atoms in total. The van der Waals surface area contributed by atoms with Gasteiger partial charge in [-0.05, 0) is 26.0 Å². The maximum Gasteiger partial charge on any atom is 0.276 e. The molecule has 110 valence electrons. The zero-order chi connectivity index (χ0) is 14.8. The molecule has 0 radical (unpaired) electrons. The van der Waals surface area contributed by atoms with E-state index in [1.165, 1.54) is 4.80 Å². The van der Waals surface area contributed by atoms with Crippen LogP contribution in [0.1, 0.15) is 23.1 Å². The number of aryl methyl sites for hydroxylation is 1. The van der Waals surface area contributed by atoms with Crippen molar-refractivity contribution < 1.29 is 9.53 Å². The van der Waals surface area contributed by atoms with Gasteiger partial charge in [0, 0.05) is 6.54 Å². The van der Waals surface area contributed by atoms with Gasteiger partial charge in [-0.25, -0.2) is 0 Å². The Balaban J connectivity index is 1.89. The summed E-state index contributed by atoms with van der Waals surface area (Å²) in [4.78, 5) is 15.9. The molecule has 1 fully saturated rings. The minimum atomic E-state index is -0.0783. The van der Waals surface area contributed by atoms with Crippen molar-refractivity contribution in [3.63, 3.8) is 0 Å². The second-order valence-corrected chi connectivity index (χ2v) is 5.18. The summed E-state index contributed by atoms with van der Waals surface area (Å²) in [5, 5.41) is 8.71. The third kappa shape index (κ3) is 2.67. The number of benzene rings is 1. The molecule has 2 heterocycles. The summed E-state index contributed by atoms with van der Waals surface area (Å²) in [7, 11) is 0. The average Bonchev–Trinajstić information content (AvgIpc) is 2.90. The van der Waals surface area contributed by atoms with Crippen molar-refractivity contribution in [2.45, 2.75) is 19.9 Å². The molecule has 1 aromatic heterocycles. The molecule has 0 aliphatic carbocycles. The summed E-state index contributed by atoms with van der Waals surface area (Å²) in [6.45, 7) is 5.52. The Morgan fingerprint density at radius 2 is 2.05 bits per heavy atom. The van der Waals surface area contributed by atoms with E-state index >= 15 is 0 Å². The van der Waals surface area contributed by atoms with E-state index in [0.29, 0.717) is 31.1 Å². The number of hydrogen-bond donors (Lipinski definition) is 0. The molecule has 1 amide bonds. The van der Waals surface area contributed by atoms with E-state index < -0.39 is 0 Å². The summed E-state index contributed by atoms with van der Waals surface area (Å²) in [5.41, 5.74) is 1.89. The number of amides is 1. The van der Waals surface area contributed by atoms with E-state index in [9.17, 15) is 4.79 Å². The smallest absolute Gasteiger partial charge is 0.276 e. The minimum absolute atomic E-state index is 0.0625. The summed E-state index contributed by atoms with van der Waals surface area (Å²) in [6.07, 6.45) is 0. The summed E-state index contributed by atoms with van der Waals surface area (Å²) < 4.78 is 5.37. The molecule has 2 aromatic rings. The number of hydrogen-bond acceptors (Lipinski definition) is 4. The first-order valence-electron chi connectivity index (χ1n) is 7.05. The predicted molar refractivity (Wildman–Crippen MR) is 77.4 cm³/mol. The molecule has 0 spiro atoms. The van der Waals surface area contributed by atoms with Crippen LogP contribution in [0.2, 0.25) is 0 Å². The van der Waals surface area contributed by atoms with E-state index in [2.05, 4.69) is 10.2 Å². The lowest BCUT2D eigenvalue weighted by Gasteiger charge is -2.32. The Labute approximate surface area is 123 Å². The Bertz CT molecular complexity index is 638. The normalized spacial score (nSPS) is 18.8. The lowest BCUT2D eigenvalue weighted by molar-refractivity contribution is 0.00320. The van der Waals surface area contributed by atoms with Gasteiger partial charge in [-0.2, -0.15) is 9.90 Å². The number of morpholine rings is 1. The number of ether oxygens (including phenoxy) is 1. The number of carbonyl (C=O) groups excluding carboxylic acids is 1. The standard InChI is InChI=1S/C15H18N4O2/c1-11-10-21-9-8-18(11)15(20)14-12(2)16-19(17-14)13-6-4-3-5-7-13/h3-7,11H,8-10H2,1-2H3. The molecule has 1 atom stereocenters. The van der Waals surface area contributed by atoms with E-state index in [1.807, 2.05) is 44.2 Å². The maximum absolute atomic E-state index is 12.6. The zero-order valence-corrected chi connectivity index (χ0v) is 12.2. The second kappa shape index (κ2) is 5.65. The Morgan fingerprint density at radius 3 is 2.76 bits per heavy atom. The van der Waals surface area contributed by atoms with Crippen molar-refractivity contribution in [3.05, 3.63) is 41.7 Å². The number of para-hydroxylation sites is 1. The highest BCUT2D eigenvalue weighted by Crippen LogP contribution is 2.14. The fourth-order valence-electron chi connectivity index (χ4n) is 2.42. The fraction of sp³-hybridized carbons (Fsp3) is 0.400. The van der Waals surface area contributed by atoms with Crippen molar-refractivity contribution in [1.82, 2.24) is 19.9 Å². The lowest BCUT2D eigenvalue weighted by atomic mass is 10.2. The van der Waals surface area contributed by atoms with Crippen LogP contribution in [0.4, 0.5) is 0 Å². The van der Waals surface area contributed by atoms with Gasteiger partial charge < -0.3 is 9.64 Å². The summed E-state index contributed by atoms with van der Waals surface area (Å²) >= 11 is 0. The summed E-state index contributed by atoms with van der Waals surface area (Å²) in [5.74, 6) is -0.0783. The fourth-order valence-corrected chi connectivity index (χ4v) is 2.42. The van der Waals surface area contributed by atoms with E-state index in [1.54, 1.807) is 4.90 Å². The number of carbonyl (C=O) groups is 1. The van der Waals surface area contributed by atoms with Crippen LogP contribution in [0.15, 0.2) is 30.3 Å². The van der Waals surface area contributed by atoms with E-state index in [-0.39, 0.29) is 11.9 Å². The minimum Gasteiger partial charge on any atom is -0.377 e. The SMILES string of the molecule is Cc1nn(-c2ccccc2)nc1C(=O)N1CCOCC1C. The van der Waals surface area contributed by atoms with Gasteiger partial charge in [-0.15, -0.1) is 5.10 Å². The van der Waals surface area contributed by atoms with Crippen molar-refractivity contribution >= 4 is 5.91 Å². The van der Waals surface area contributed by atoms with Crippen molar-refractivity contribution in [2.24, 2.45) is 0 Å². The molecule has 1 saturated heterocycles. The second-order valence-electron chi connectivity index (χ2n) is 5.18. The maximum atomic E-state index is 12.6.